The normalized spacial score (nSPS) is 11.6. The third kappa shape index (κ3) is 3.31. The van der Waals surface area contributed by atoms with E-state index in [4.69, 9.17) is 0 Å². The summed E-state index contributed by atoms with van der Waals surface area (Å²) in [6.07, 6.45) is 0.707. The number of aliphatic hydroxyl groups excluding tert-OH is 3. The maximum Gasteiger partial charge on any atom is 0.270 e. The number of hydrogen-bond donors (Lipinski definition) is 4. The first-order valence-electron chi connectivity index (χ1n) is 6.27. The number of nitrogens with one attached hydrogen (secondary N) is 1. The second-order valence-corrected chi connectivity index (χ2v) is 4.40. The van der Waals surface area contributed by atoms with Gasteiger partial charge in [-0.1, -0.05) is 6.92 Å². The number of carbonyl (C=O) groups excluding carboxylic acids is 1. The van der Waals surface area contributed by atoms with E-state index in [1.165, 1.54) is 0 Å². The molecular formula is C12H21N3O4. The van der Waals surface area contributed by atoms with Crippen molar-refractivity contribution in [2.45, 2.75) is 32.4 Å². The first kappa shape index (κ1) is 15.6. The van der Waals surface area contributed by atoms with E-state index in [9.17, 15) is 20.1 Å². The summed E-state index contributed by atoms with van der Waals surface area (Å²) in [5.74, 6) is -0.480. The van der Waals surface area contributed by atoms with Gasteiger partial charge in [-0.25, -0.2) is 0 Å². The van der Waals surface area contributed by atoms with Crippen molar-refractivity contribution in [3.05, 3.63) is 17.5 Å². The van der Waals surface area contributed by atoms with Gasteiger partial charge >= 0.3 is 0 Å². The van der Waals surface area contributed by atoms with E-state index in [0.29, 0.717) is 18.7 Å². The highest BCUT2D eigenvalue weighted by Gasteiger charge is 2.31. The Morgan fingerprint density at radius 2 is 1.89 bits per heavy atom. The first-order valence-corrected chi connectivity index (χ1v) is 6.27. The molecule has 0 atom stereocenters. The Morgan fingerprint density at radius 3 is 2.32 bits per heavy atom. The molecule has 7 heteroatoms. The fourth-order valence-electron chi connectivity index (χ4n) is 1.64. The van der Waals surface area contributed by atoms with Crippen LogP contribution in [0.5, 0.6) is 0 Å². The molecule has 0 radical (unpaired) electrons. The van der Waals surface area contributed by atoms with Crippen LogP contribution in [0, 0.1) is 0 Å². The summed E-state index contributed by atoms with van der Waals surface area (Å²) < 4.78 is 1.55. The van der Waals surface area contributed by atoms with Crippen LogP contribution in [0.2, 0.25) is 0 Å². The molecule has 19 heavy (non-hydrogen) atoms. The Kier molecular flexibility index (Phi) is 5.46. The van der Waals surface area contributed by atoms with Gasteiger partial charge in [0.1, 0.15) is 11.2 Å². The number of amides is 1. The van der Waals surface area contributed by atoms with E-state index in [2.05, 4.69) is 10.4 Å². The molecule has 0 aliphatic heterocycles. The molecule has 0 fully saturated rings. The number of hydrogen-bond acceptors (Lipinski definition) is 5. The van der Waals surface area contributed by atoms with Gasteiger partial charge in [0.2, 0.25) is 0 Å². The van der Waals surface area contributed by atoms with Crippen molar-refractivity contribution in [1.82, 2.24) is 15.1 Å². The Balaban J connectivity index is 2.97. The number of nitrogens with zero attached hydrogens (tertiary/aromatic N) is 2. The molecule has 0 bridgehead atoms. The summed E-state index contributed by atoms with van der Waals surface area (Å²) in [5, 5.41) is 34.3. The second kappa shape index (κ2) is 6.65. The van der Waals surface area contributed by atoms with Gasteiger partial charge in [0.15, 0.2) is 0 Å². The predicted octanol–water partition coefficient (Wildman–Crippen LogP) is -1.09. The molecule has 1 aromatic rings. The lowest BCUT2D eigenvalue weighted by Crippen LogP contribution is -2.57. The molecule has 1 amide bonds. The maximum absolute atomic E-state index is 12.1. The van der Waals surface area contributed by atoms with E-state index >= 15 is 0 Å². The summed E-state index contributed by atoms with van der Waals surface area (Å²) in [7, 11) is 0. The molecule has 0 saturated carbocycles. The summed E-state index contributed by atoms with van der Waals surface area (Å²) in [6.45, 7) is 2.68. The van der Waals surface area contributed by atoms with Crippen molar-refractivity contribution >= 4 is 5.91 Å². The van der Waals surface area contributed by atoms with Crippen molar-refractivity contribution in [1.29, 1.82) is 0 Å². The molecule has 7 nitrogen and oxygen atoms in total. The van der Waals surface area contributed by atoms with Crippen molar-refractivity contribution < 1.29 is 20.1 Å². The molecule has 4 N–H and O–H groups in total. The van der Waals surface area contributed by atoms with Crippen molar-refractivity contribution in [2.75, 3.05) is 19.8 Å². The lowest BCUT2D eigenvalue weighted by Gasteiger charge is -2.28. The molecule has 1 rings (SSSR count). The van der Waals surface area contributed by atoms with Crippen LogP contribution in [-0.2, 0) is 13.0 Å². The first-order chi connectivity index (χ1) is 9.05. The van der Waals surface area contributed by atoms with Crippen LogP contribution in [0.15, 0.2) is 6.07 Å². The van der Waals surface area contributed by atoms with Gasteiger partial charge in [-0.05, 0) is 19.4 Å². The molecule has 0 unspecified atom stereocenters. The molecule has 0 spiro atoms. The van der Waals surface area contributed by atoms with Gasteiger partial charge in [0.05, 0.1) is 25.5 Å². The van der Waals surface area contributed by atoms with Crippen molar-refractivity contribution in [2.24, 2.45) is 0 Å². The molecular weight excluding hydrogens is 250 g/mol. The SMILES string of the molecule is CCc1cc(C(=O)NC(CO)(CO)CO)n(CC)n1. The quantitative estimate of drug-likeness (QED) is 0.504. The zero-order valence-corrected chi connectivity index (χ0v) is 11.3. The molecule has 1 aromatic heterocycles. The minimum absolute atomic E-state index is 0.346. The highest BCUT2D eigenvalue weighted by molar-refractivity contribution is 5.93. The van der Waals surface area contributed by atoms with Crippen LogP contribution in [0.25, 0.3) is 0 Å². The highest BCUT2D eigenvalue weighted by Crippen LogP contribution is 2.09. The number of aromatic nitrogens is 2. The molecule has 0 saturated heterocycles. The van der Waals surface area contributed by atoms with Crippen molar-refractivity contribution in [3.63, 3.8) is 0 Å². The van der Waals surface area contributed by atoms with Gasteiger partial charge in [0.25, 0.3) is 5.91 Å². The van der Waals surface area contributed by atoms with E-state index in [-0.39, 0.29) is 0 Å². The average Bonchev–Trinajstić information content (AvgIpc) is 2.88. The van der Waals surface area contributed by atoms with E-state index < -0.39 is 31.3 Å². The minimum Gasteiger partial charge on any atom is -0.394 e. The van der Waals surface area contributed by atoms with Crippen LogP contribution in [0.1, 0.15) is 30.0 Å². The number of aryl methyl sites for hydroxylation is 2. The van der Waals surface area contributed by atoms with Gasteiger partial charge in [-0.15, -0.1) is 0 Å². The van der Waals surface area contributed by atoms with Crippen LogP contribution in [0.3, 0.4) is 0 Å². The van der Waals surface area contributed by atoms with Crippen LogP contribution < -0.4 is 5.32 Å². The minimum atomic E-state index is -1.42. The summed E-state index contributed by atoms with van der Waals surface area (Å²) in [5.41, 5.74) is -0.291. The topological polar surface area (TPSA) is 108 Å². The molecule has 0 aromatic carbocycles. The third-order valence-electron chi connectivity index (χ3n) is 3.01. The Hall–Kier alpha value is -1.44. The van der Waals surface area contributed by atoms with E-state index in [1.807, 2.05) is 13.8 Å². The van der Waals surface area contributed by atoms with Crippen LogP contribution >= 0.6 is 0 Å². The molecule has 108 valence electrons. The number of carbonyl (C=O) groups is 1. The standard InChI is InChI=1S/C12H21N3O4/c1-3-9-5-10(15(4-2)14-9)11(19)13-12(6-16,7-17)8-18/h5,16-18H,3-4,6-8H2,1-2H3,(H,13,19). The highest BCUT2D eigenvalue weighted by atomic mass is 16.3. The lowest BCUT2D eigenvalue weighted by molar-refractivity contribution is 0.0370. The summed E-state index contributed by atoms with van der Waals surface area (Å²) in [4.78, 5) is 12.1. The van der Waals surface area contributed by atoms with Crippen LogP contribution in [0.4, 0.5) is 0 Å². The monoisotopic (exact) mass is 271 g/mol. The lowest BCUT2D eigenvalue weighted by atomic mass is 10.0. The molecule has 1 heterocycles. The average molecular weight is 271 g/mol. The van der Waals surface area contributed by atoms with Gasteiger partial charge in [0, 0.05) is 6.54 Å². The zero-order valence-electron chi connectivity index (χ0n) is 11.3. The summed E-state index contributed by atoms with van der Waals surface area (Å²) >= 11 is 0. The fourth-order valence-corrected chi connectivity index (χ4v) is 1.64. The third-order valence-corrected chi connectivity index (χ3v) is 3.01. The smallest absolute Gasteiger partial charge is 0.270 e. The number of rotatable bonds is 7. The fraction of sp³-hybridized carbons (Fsp3) is 0.667. The van der Waals surface area contributed by atoms with Gasteiger partial charge in [-0.2, -0.15) is 5.10 Å². The Labute approximate surface area is 111 Å². The molecule has 0 aliphatic carbocycles. The maximum atomic E-state index is 12.1. The van der Waals surface area contributed by atoms with Gasteiger partial charge < -0.3 is 20.6 Å². The van der Waals surface area contributed by atoms with Crippen LogP contribution in [-0.4, -0.2) is 56.4 Å². The second-order valence-electron chi connectivity index (χ2n) is 4.40. The largest absolute Gasteiger partial charge is 0.394 e. The predicted molar refractivity (Wildman–Crippen MR) is 68.7 cm³/mol. The van der Waals surface area contributed by atoms with E-state index in [1.54, 1.807) is 10.7 Å². The van der Waals surface area contributed by atoms with E-state index in [0.717, 1.165) is 5.69 Å². The molecule has 0 aliphatic rings. The summed E-state index contributed by atoms with van der Waals surface area (Å²) in [6, 6.07) is 1.66. The zero-order chi connectivity index (χ0) is 14.5. The Morgan fingerprint density at radius 1 is 1.32 bits per heavy atom. The van der Waals surface area contributed by atoms with Crippen molar-refractivity contribution in [3.8, 4) is 0 Å². The van der Waals surface area contributed by atoms with Gasteiger partial charge in [-0.3, -0.25) is 9.48 Å². The number of aliphatic hydroxyl groups is 3. The Bertz CT molecular complexity index is 418.